The SMILES string of the molecule is Cc1ccc(C)c(C(=O)O[C@H](C)C(=O)Nc2ccc(F)c([N+](=O)[O-])c2)c1. The number of nitrogens with zero attached hydrogens (tertiary/aromatic N) is 1. The molecule has 8 heteroatoms. The van der Waals surface area contributed by atoms with Crippen molar-refractivity contribution in [1.29, 1.82) is 0 Å². The van der Waals surface area contributed by atoms with Crippen molar-refractivity contribution >= 4 is 23.3 Å². The third kappa shape index (κ3) is 4.41. The number of carbonyl (C=O) groups excluding carboxylic acids is 2. The highest BCUT2D eigenvalue weighted by molar-refractivity contribution is 5.98. The average Bonchev–Trinajstić information content (AvgIpc) is 2.58. The molecule has 136 valence electrons. The van der Waals surface area contributed by atoms with Gasteiger partial charge in [-0.15, -0.1) is 0 Å². The Morgan fingerprint density at radius 1 is 1.19 bits per heavy atom. The molecule has 0 aliphatic carbocycles. The third-order valence-electron chi connectivity index (χ3n) is 3.68. The lowest BCUT2D eigenvalue weighted by Crippen LogP contribution is -2.30. The number of rotatable bonds is 5. The highest BCUT2D eigenvalue weighted by atomic mass is 19.1. The van der Waals surface area contributed by atoms with Crippen LogP contribution in [0.25, 0.3) is 0 Å². The molecule has 0 radical (unpaired) electrons. The number of amides is 1. The van der Waals surface area contributed by atoms with Gasteiger partial charge in [-0.2, -0.15) is 4.39 Å². The first-order chi connectivity index (χ1) is 12.2. The number of halogens is 1. The van der Waals surface area contributed by atoms with Crippen molar-refractivity contribution in [3.63, 3.8) is 0 Å². The second kappa shape index (κ2) is 7.73. The molecule has 1 N–H and O–H groups in total. The van der Waals surface area contributed by atoms with E-state index in [9.17, 15) is 24.1 Å². The second-order valence-corrected chi connectivity index (χ2v) is 5.78. The summed E-state index contributed by atoms with van der Waals surface area (Å²) in [6.07, 6.45) is -1.15. The molecule has 0 bridgehead atoms. The second-order valence-electron chi connectivity index (χ2n) is 5.78. The van der Waals surface area contributed by atoms with E-state index >= 15 is 0 Å². The Kier molecular flexibility index (Phi) is 5.66. The minimum atomic E-state index is -1.15. The lowest BCUT2D eigenvalue weighted by atomic mass is 10.1. The third-order valence-corrected chi connectivity index (χ3v) is 3.68. The first-order valence-electron chi connectivity index (χ1n) is 7.72. The molecule has 7 nitrogen and oxygen atoms in total. The van der Waals surface area contributed by atoms with Gasteiger partial charge in [0.05, 0.1) is 10.5 Å². The Morgan fingerprint density at radius 3 is 2.54 bits per heavy atom. The molecule has 0 fully saturated rings. The molecule has 2 aromatic rings. The van der Waals surface area contributed by atoms with Gasteiger partial charge < -0.3 is 10.1 Å². The summed E-state index contributed by atoms with van der Waals surface area (Å²) < 4.78 is 18.5. The fourth-order valence-electron chi connectivity index (χ4n) is 2.21. The van der Waals surface area contributed by atoms with E-state index < -0.39 is 34.4 Å². The molecule has 0 spiro atoms. The summed E-state index contributed by atoms with van der Waals surface area (Å²) in [6, 6.07) is 8.23. The standard InChI is InChI=1S/C18H17FN2O5/c1-10-4-5-11(2)14(8-10)18(23)26-12(3)17(22)20-13-6-7-15(19)16(9-13)21(24)25/h4-9,12H,1-3H3,(H,20,22)/t12-/m1/s1. The molecule has 2 aromatic carbocycles. The predicted molar refractivity (Wildman–Crippen MR) is 92.5 cm³/mol. The number of nitrogens with one attached hydrogen (secondary N) is 1. The van der Waals surface area contributed by atoms with Crippen molar-refractivity contribution in [2.45, 2.75) is 26.9 Å². The molecule has 0 unspecified atom stereocenters. The lowest BCUT2D eigenvalue weighted by molar-refractivity contribution is -0.387. The molecule has 0 aromatic heterocycles. The van der Waals surface area contributed by atoms with Gasteiger partial charge in [-0.1, -0.05) is 17.7 Å². The van der Waals surface area contributed by atoms with E-state index in [1.165, 1.54) is 13.0 Å². The summed E-state index contributed by atoms with van der Waals surface area (Å²) in [4.78, 5) is 34.2. The van der Waals surface area contributed by atoms with E-state index in [4.69, 9.17) is 4.74 Å². The zero-order valence-electron chi connectivity index (χ0n) is 14.4. The number of hydrogen-bond donors (Lipinski definition) is 1. The van der Waals surface area contributed by atoms with Crippen LogP contribution in [0.3, 0.4) is 0 Å². The normalized spacial score (nSPS) is 11.5. The van der Waals surface area contributed by atoms with Gasteiger partial charge in [0.2, 0.25) is 5.82 Å². The first kappa shape index (κ1) is 19.0. The smallest absolute Gasteiger partial charge is 0.339 e. The van der Waals surface area contributed by atoms with Crippen LogP contribution in [0.1, 0.15) is 28.4 Å². The van der Waals surface area contributed by atoms with Gasteiger partial charge in [-0.05, 0) is 44.5 Å². The van der Waals surface area contributed by atoms with Crippen molar-refractivity contribution in [3.8, 4) is 0 Å². The Balaban J connectivity index is 2.08. The number of aryl methyl sites for hydroxylation is 2. The van der Waals surface area contributed by atoms with Crippen LogP contribution < -0.4 is 5.32 Å². The average molecular weight is 360 g/mol. The van der Waals surface area contributed by atoms with Crippen LogP contribution in [0.4, 0.5) is 15.8 Å². The van der Waals surface area contributed by atoms with Crippen molar-refractivity contribution in [2.75, 3.05) is 5.32 Å². The van der Waals surface area contributed by atoms with Crippen LogP contribution in [0.15, 0.2) is 36.4 Å². The first-order valence-corrected chi connectivity index (χ1v) is 7.72. The van der Waals surface area contributed by atoms with Crippen molar-refractivity contribution in [3.05, 3.63) is 69.0 Å². The maximum absolute atomic E-state index is 13.3. The van der Waals surface area contributed by atoms with Gasteiger partial charge in [0, 0.05) is 11.8 Å². The molecule has 0 saturated heterocycles. The molecule has 0 aliphatic heterocycles. The highest BCUT2D eigenvalue weighted by Crippen LogP contribution is 2.22. The molecule has 0 aliphatic rings. The number of ether oxygens (including phenoxy) is 1. The molecule has 1 amide bonds. The fraction of sp³-hybridized carbons (Fsp3) is 0.222. The lowest BCUT2D eigenvalue weighted by Gasteiger charge is -2.14. The number of esters is 1. The number of hydrogen-bond acceptors (Lipinski definition) is 5. The van der Waals surface area contributed by atoms with E-state index in [-0.39, 0.29) is 5.69 Å². The van der Waals surface area contributed by atoms with Crippen LogP contribution in [0.5, 0.6) is 0 Å². The summed E-state index contributed by atoms with van der Waals surface area (Å²) in [5, 5.41) is 13.1. The van der Waals surface area contributed by atoms with Gasteiger partial charge in [0.1, 0.15) is 0 Å². The molecule has 1 atom stereocenters. The van der Waals surface area contributed by atoms with Crippen molar-refractivity contribution in [1.82, 2.24) is 0 Å². The van der Waals surface area contributed by atoms with Crippen LogP contribution in [-0.4, -0.2) is 22.9 Å². The molecule has 0 saturated carbocycles. The molecule has 26 heavy (non-hydrogen) atoms. The van der Waals surface area contributed by atoms with E-state index in [1.54, 1.807) is 19.1 Å². The molecular weight excluding hydrogens is 343 g/mol. The fourth-order valence-corrected chi connectivity index (χ4v) is 2.21. The van der Waals surface area contributed by atoms with Crippen LogP contribution in [-0.2, 0) is 9.53 Å². The zero-order chi connectivity index (χ0) is 19.4. The van der Waals surface area contributed by atoms with E-state index in [1.807, 2.05) is 13.0 Å². The number of carbonyl (C=O) groups is 2. The molecule has 0 heterocycles. The van der Waals surface area contributed by atoms with Gasteiger partial charge >= 0.3 is 11.7 Å². The van der Waals surface area contributed by atoms with Crippen molar-refractivity contribution < 1.29 is 23.6 Å². The van der Waals surface area contributed by atoms with Gasteiger partial charge in [-0.25, -0.2) is 4.79 Å². The Hall–Kier alpha value is -3.29. The Bertz CT molecular complexity index is 882. The summed E-state index contributed by atoms with van der Waals surface area (Å²) >= 11 is 0. The maximum Gasteiger partial charge on any atom is 0.339 e. The summed E-state index contributed by atoms with van der Waals surface area (Å²) in [6.45, 7) is 4.95. The maximum atomic E-state index is 13.3. The Labute approximate surface area is 148 Å². The summed E-state index contributed by atoms with van der Waals surface area (Å²) in [5.41, 5.74) is 1.20. The highest BCUT2D eigenvalue weighted by Gasteiger charge is 2.22. The van der Waals surface area contributed by atoms with Crippen molar-refractivity contribution in [2.24, 2.45) is 0 Å². The minimum absolute atomic E-state index is 0.0257. The Morgan fingerprint density at radius 2 is 1.88 bits per heavy atom. The summed E-state index contributed by atoms with van der Waals surface area (Å²) in [7, 11) is 0. The summed E-state index contributed by atoms with van der Waals surface area (Å²) in [5.74, 6) is -2.36. The van der Waals surface area contributed by atoms with Gasteiger partial charge in [0.25, 0.3) is 5.91 Å². The zero-order valence-corrected chi connectivity index (χ0v) is 14.4. The molecular formula is C18H17FN2O5. The predicted octanol–water partition coefficient (Wildman–Crippen LogP) is 3.53. The number of nitro benzene ring substituents is 1. The largest absolute Gasteiger partial charge is 0.449 e. The van der Waals surface area contributed by atoms with E-state index in [0.29, 0.717) is 11.1 Å². The number of nitro groups is 1. The van der Waals surface area contributed by atoms with E-state index in [2.05, 4.69) is 5.32 Å². The number of benzene rings is 2. The van der Waals surface area contributed by atoms with Gasteiger partial charge in [0.15, 0.2) is 6.10 Å². The topological polar surface area (TPSA) is 98.5 Å². The quantitative estimate of drug-likeness (QED) is 0.500. The van der Waals surface area contributed by atoms with Gasteiger partial charge in [-0.3, -0.25) is 14.9 Å². The van der Waals surface area contributed by atoms with Crippen LogP contribution >= 0.6 is 0 Å². The van der Waals surface area contributed by atoms with E-state index in [0.717, 1.165) is 17.7 Å². The molecule has 2 rings (SSSR count). The number of anilines is 1. The van der Waals surface area contributed by atoms with Crippen LogP contribution in [0, 0.1) is 29.8 Å². The monoisotopic (exact) mass is 360 g/mol. The van der Waals surface area contributed by atoms with Crippen LogP contribution in [0.2, 0.25) is 0 Å². The minimum Gasteiger partial charge on any atom is -0.449 e.